The fourth-order valence-corrected chi connectivity index (χ4v) is 3.82. The van der Waals surface area contributed by atoms with Gasteiger partial charge in [-0.05, 0) is 25.1 Å². The summed E-state index contributed by atoms with van der Waals surface area (Å²) in [6, 6.07) is 5.90. The third-order valence-corrected chi connectivity index (χ3v) is 5.23. The van der Waals surface area contributed by atoms with Crippen molar-refractivity contribution in [2.24, 2.45) is 12.0 Å². The van der Waals surface area contributed by atoms with Crippen molar-refractivity contribution < 1.29 is 4.39 Å². The van der Waals surface area contributed by atoms with Crippen LogP contribution in [-0.2, 0) is 7.05 Å². The molecule has 3 heterocycles. The molecule has 2 aromatic heterocycles. The zero-order valence-electron chi connectivity index (χ0n) is 14.1. The first kappa shape index (κ1) is 16.9. The van der Waals surface area contributed by atoms with Crippen LogP contribution in [-0.4, -0.2) is 20.6 Å². The molecule has 1 aromatic carbocycles. The van der Waals surface area contributed by atoms with Gasteiger partial charge in [0.05, 0.1) is 5.69 Å². The minimum atomic E-state index is -0.404. The van der Waals surface area contributed by atoms with Gasteiger partial charge in [0.2, 0.25) is 0 Å². The second-order valence-corrected chi connectivity index (χ2v) is 7.22. The minimum absolute atomic E-state index is 0.334. The number of hydrogen-bond donors (Lipinski definition) is 1. The van der Waals surface area contributed by atoms with Crippen LogP contribution in [0.1, 0.15) is 29.2 Å². The number of halogens is 2. The number of aliphatic imine (C=N–C) groups is 1. The zero-order valence-corrected chi connectivity index (χ0v) is 15.6. The van der Waals surface area contributed by atoms with Gasteiger partial charge in [0.25, 0.3) is 0 Å². The zero-order chi connectivity index (χ0) is 18.3. The maximum Gasteiger partial charge on any atom is 0.163 e. The van der Waals surface area contributed by atoms with Crippen LogP contribution in [0, 0.1) is 5.82 Å². The van der Waals surface area contributed by atoms with Crippen molar-refractivity contribution in [2.75, 3.05) is 0 Å². The second-order valence-electron chi connectivity index (χ2n) is 5.92. The largest absolute Gasteiger partial charge is 0.341 e. The molecule has 1 aliphatic rings. The van der Waals surface area contributed by atoms with Gasteiger partial charge in [-0.2, -0.15) is 5.10 Å². The number of nitrogens with one attached hydrogen (secondary N) is 1. The first-order chi connectivity index (χ1) is 12.5. The SMILES string of the molecule is CC1=C(c2ccn(C)n2)[C@@H](c2ccc(F)cc2Cl)N=C(c2nccs2)N1. The van der Waals surface area contributed by atoms with Gasteiger partial charge in [-0.1, -0.05) is 17.7 Å². The number of thiazole rings is 1. The van der Waals surface area contributed by atoms with E-state index in [-0.39, 0.29) is 5.82 Å². The molecule has 0 spiro atoms. The number of benzene rings is 1. The van der Waals surface area contributed by atoms with Crippen molar-refractivity contribution in [3.05, 3.63) is 74.8 Å². The molecule has 0 fully saturated rings. The standard InChI is InChI=1S/C18H15ClFN5S/c1-10-15(14-5-7-25(2)24-14)16(12-4-3-11(20)9-13(12)19)23-17(22-10)18-21-6-8-26-18/h3-9,16H,1-2H3,(H,22,23)/t16-/m1/s1. The third kappa shape index (κ3) is 3.04. The lowest BCUT2D eigenvalue weighted by Crippen LogP contribution is -2.29. The summed E-state index contributed by atoms with van der Waals surface area (Å²) in [6.45, 7) is 1.97. The summed E-state index contributed by atoms with van der Waals surface area (Å²) in [5.41, 5.74) is 3.34. The van der Waals surface area contributed by atoms with E-state index in [0.717, 1.165) is 27.5 Å². The molecule has 0 amide bonds. The lowest BCUT2D eigenvalue weighted by atomic mass is 9.93. The molecular formula is C18H15ClFN5S. The van der Waals surface area contributed by atoms with Gasteiger partial charge in [0.1, 0.15) is 11.9 Å². The predicted octanol–water partition coefficient (Wildman–Crippen LogP) is 4.19. The van der Waals surface area contributed by atoms with Crippen LogP contribution in [0.2, 0.25) is 5.02 Å². The highest BCUT2D eigenvalue weighted by molar-refractivity contribution is 7.11. The van der Waals surface area contributed by atoms with E-state index >= 15 is 0 Å². The Morgan fingerprint density at radius 3 is 2.81 bits per heavy atom. The van der Waals surface area contributed by atoms with Gasteiger partial charge in [-0.15, -0.1) is 11.3 Å². The van der Waals surface area contributed by atoms with E-state index in [1.54, 1.807) is 16.9 Å². The molecule has 0 bridgehead atoms. The third-order valence-electron chi connectivity index (χ3n) is 4.12. The lowest BCUT2D eigenvalue weighted by molar-refractivity contribution is 0.626. The van der Waals surface area contributed by atoms with Crippen LogP contribution >= 0.6 is 22.9 Å². The van der Waals surface area contributed by atoms with Gasteiger partial charge >= 0.3 is 0 Å². The predicted molar refractivity (Wildman–Crippen MR) is 102 cm³/mol. The van der Waals surface area contributed by atoms with Crippen molar-refractivity contribution in [2.45, 2.75) is 13.0 Å². The molecule has 1 atom stereocenters. The molecule has 4 rings (SSSR count). The normalized spacial score (nSPS) is 17.2. The Labute approximate surface area is 158 Å². The first-order valence-corrected chi connectivity index (χ1v) is 9.19. The van der Waals surface area contributed by atoms with Crippen LogP contribution in [0.5, 0.6) is 0 Å². The maximum absolute atomic E-state index is 13.5. The Hall–Kier alpha value is -2.51. The van der Waals surface area contributed by atoms with Crippen LogP contribution in [0.3, 0.4) is 0 Å². The summed E-state index contributed by atoms with van der Waals surface area (Å²) >= 11 is 7.85. The Morgan fingerprint density at radius 1 is 1.31 bits per heavy atom. The van der Waals surface area contributed by atoms with Crippen LogP contribution in [0.4, 0.5) is 4.39 Å². The molecule has 1 aliphatic heterocycles. The van der Waals surface area contributed by atoms with Crippen molar-refractivity contribution >= 4 is 34.3 Å². The molecule has 5 nitrogen and oxygen atoms in total. The molecule has 0 unspecified atom stereocenters. The van der Waals surface area contributed by atoms with Gasteiger partial charge in [0, 0.05) is 46.7 Å². The Kier molecular flexibility index (Phi) is 4.34. The summed E-state index contributed by atoms with van der Waals surface area (Å²) in [6.07, 6.45) is 3.61. The molecule has 0 aliphatic carbocycles. The number of nitrogens with zero attached hydrogens (tertiary/aromatic N) is 4. The van der Waals surface area contributed by atoms with Gasteiger partial charge in [-0.25, -0.2) is 9.37 Å². The van der Waals surface area contributed by atoms with E-state index in [4.69, 9.17) is 16.6 Å². The number of aryl methyl sites for hydroxylation is 1. The van der Waals surface area contributed by atoms with Crippen LogP contribution in [0.15, 0.2) is 52.7 Å². The molecule has 0 saturated heterocycles. The average Bonchev–Trinajstić information content (AvgIpc) is 3.26. The average molecular weight is 388 g/mol. The van der Waals surface area contributed by atoms with E-state index in [9.17, 15) is 4.39 Å². The highest BCUT2D eigenvalue weighted by Gasteiger charge is 2.29. The van der Waals surface area contributed by atoms with Crippen molar-refractivity contribution in [3.63, 3.8) is 0 Å². The van der Waals surface area contributed by atoms with Crippen molar-refractivity contribution in [1.82, 2.24) is 20.1 Å². The van der Waals surface area contributed by atoms with E-state index in [2.05, 4.69) is 15.4 Å². The van der Waals surface area contributed by atoms with E-state index < -0.39 is 6.04 Å². The Morgan fingerprint density at radius 2 is 2.15 bits per heavy atom. The molecule has 26 heavy (non-hydrogen) atoms. The van der Waals surface area contributed by atoms with E-state index in [1.165, 1.54) is 23.5 Å². The van der Waals surface area contributed by atoms with E-state index in [1.807, 2.05) is 31.6 Å². The first-order valence-electron chi connectivity index (χ1n) is 7.93. The fourth-order valence-electron chi connectivity index (χ4n) is 2.96. The summed E-state index contributed by atoms with van der Waals surface area (Å²) in [5, 5.41) is 10.8. The second kappa shape index (κ2) is 6.66. The number of hydrogen-bond acceptors (Lipinski definition) is 5. The molecule has 0 radical (unpaired) electrons. The van der Waals surface area contributed by atoms with Gasteiger partial charge in [0.15, 0.2) is 10.8 Å². The summed E-state index contributed by atoms with van der Waals surface area (Å²) in [7, 11) is 1.86. The van der Waals surface area contributed by atoms with Crippen LogP contribution < -0.4 is 5.32 Å². The van der Waals surface area contributed by atoms with Crippen molar-refractivity contribution in [1.29, 1.82) is 0 Å². The summed E-state index contributed by atoms with van der Waals surface area (Å²) < 4.78 is 15.3. The fraction of sp³-hybridized carbons (Fsp3) is 0.167. The molecule has 1 N–H and O–H groups in total. The topological polar surface area (TPSA) is 55.1 Å². The van der Waals surface area contributed by atoms with Gasteiger partial charge < -0.3 is 5.32 Å². The summed E-state index contributed by atoms with van der Waals surface area (Å²) in [4.78, 5) is 9.17. The quantitative estimate of drug-likeness (QED) is 0.733. The smallest absolute Gasteiger partial charge is 0.163 e. The summed E-state index contributed by atoms with van der Waals surface area (Å²) in [5.74, 6) is 0.291. The molecular weight excluding hydrogens is 373 g/mol. The van der Waals surface area contributed by atoms with E-state index in [0.29, 0.717) is 10.9 Å². The highest BCUT2D eigenvalue weighted by Crippen LogP contribution is 2.40. The van der Waals surface area contributed by atoms with Gasteiger partial charge in [-0.3, -0.25) is 9.67 Å². The highest BCUT2D eigenvalue weighted by atomic mass is 35.5. The number of allylic oxidation sites excluding steroid dienone is 1. The maximum atomic E-state index is 13.5. The lowest BCUT2D eigenvalue weighted by Gasteiger charge is -2.26. The number of aromatic nitrogens is 3. The number of rotatable bonds is 3. The molecule has 3 aromatic rings. The molecule has 8 heteroatoms. The van der Waals surface area contributed by atoms with Crippen LogP contribution in [0.25, 0.3) is 5.57 Å². The molecule has 0 saturated carbocycles. The minimum Gasteiger partial charge on any atom is -0.341 e. The number of amidine groups is 1. The monoisotopic (exact) mass is 387 g/mol. The molecule has 132 valence electrons. The Bertz CT molecular complexity index is 1020. The van der Waals surface area contributed by atoms with Crippen molar-refractivity contribution in [3.8, 4) is 0 Å². The Balaban J connectivity index is 1.88.